The van der Waals surface area contributed by atoms with Crippen LogP contribution < -0.4 is 0 Å². The summed E-state index contributed by atoms with van der Waals surface area (Å²) >= 11 is 0.713. The van der Waals surface area contributed by atoms with E-state index in [1.54, 1.807) is 0 Å². The van der Waals surface area contributed by atoms with Crippen molar-refractivity contribution in [1.82, 2.24) is 0 Å². The first-order valence-corrected chi connectivity index (χ1v) is 10.2. The summed E-state index contributed by atoms with van der Waals surface area (Å²) in [6, 6.07) is 0. The van der Waals surface area contributed by atoms with E-state index in [0.29, 0.717) is 22.6 Å². The third kappa shape index (κ3) is 4.79. The Labute approximate surface area is 210 Å². The van der Waals surface area contributed by atoms with Gasteiger partial charge in [-0.15, -0.1) is 0 Å². The first-order chi connectivity index (χ1) is 15.7. The predicted octanol–water partition coefficient (Wildman–Crippen LogP) is 7.95. The van der Waals surface area contributed by atoms with E-state index >= 15 is 0 Å². The molecule has 1 saturated heterocycles. The van der Waals surface area contributed by atoms with Gasteiger partial charge in [0.1, 0.15) is 0 Å². The Morgan fingerprint density at radius 3 is 1.11 bits per heavy atom. The van der Waals surface area contributed by atoms with Gasteiger partial charge in [0.2, 0.25) is 0 Å². The van der Waals surface area contributed by atoms with Crippen LogP contribution in [0.25, 0.3) is 0 Å². The quantitative estimate of drug-likeness (QED) is 0.146. The van der Waals surface area contributed by atoms with Crippen LogP contribution in [0.4, 0.5) is 74.6 Å². The maximum absolute atomic E-state index is 14.1. The minimum atomic E-state index is -8.66. The summed E-state index contributed by atoms with van der Waals surface area (Å²) in [6.07, 6.45) is -9.03. The molecule has 0 radical (unpaired) electrons. The van der Waals surface area contributed by atoms with Crippen LogP contribution in [0.2, 0.25) is 0 Å². The van der Waals surface area contributed by atoms with E-state index in [0.717, 1.165) is 0 Å². The SMILES string of the molecule is CC1(C)OB(/C(I)=C\C(F)(F)C(F)(F)C(F)(F)C(F)(F)C(F)(F)C(F)(F)C(F)(F)C(F)(F)F)OC1(C)C. The van der Waals surface area contributed by atoms with Gasteiger partial charge >= 0.3 is 54.8 Å². The van der Waals surface area contributed by atoms with Crippen LogP contribution >= 0.6 is 22.6 Å². The van der Waals surface area contributed by atoms with Crippen LogP contribution in [0.15, 0.2) is 9.56 Å². The Morgan fingerprint density at radius 1 is 0.541 bits per heavy atom. The Bertz CT molecular complexity index is 893. The van der Waals surface area contributed by atoms with Crippen LogP contribution in [-0.2, 0) is 9.31 Å². The highest BCUT2D eigenvalue weighted by molar-refractivity contribution is 14.1. The van der Waals surface area contributed by atoms with Gasteiger partial charge in [0.25, 0.3) is 0 Å². The van der Waals surface area contributed by atoms with E-state index in [1.807, 2.05) is 0 Å². The van der Waals surface area contributed by atoms with Gasteiger partial charge in [0, 0.05) is 3.48 Å². The standard InChI is InChI=1S/C16H13BF17IO2/c1-7(2)8(3,4)37-17(36-7)6(35)5-9(18,19)10(20,21)11(22,23)12(24,25)13(26,27)14(28,29)15(30,31)16(32,33)34/h5H,1-4H3/b6-5+. The Kier molecular flexibility index (Phi) is 8.23. The van der Waals surface area contributed by atoms with Crippen molar-refractivity contribution in [1.29, 1.82) is 0 Å². The molecule has 0 unspecified atom stereocenters. The molecule has 0 aliphatic carbocycles. The van der Waals surface area contributed by atoms with Crippen molar-refractivity contribution in [2.24, 2.45) is 0 Å². The Hall–Kier alpha value is -0.735. The van der Waals surface area contributed by atoms with Crippen LogP contribution in [0, 0.1) is 0 Å². The first kappa shape index (κ1) is 34.3. The third-order valence-corrected chi connectivity index (χ3v) is 6.36. The van der Waals surface area contributed by atoms with Crippen molar-refractivity contribution < 1.29 is 83.9 Å². The number of hydrogen-bond donors (Lipinski definition) is 0. The monoisotopic (exact) mass is 698 g/mol. The van der Waals surface area contributed by atoms with Gasteiger partial charge in [-0.05, 0) is 33.8 Å². The van der Waals surface area contributed by atoms with Crippen molar-refractivity contribution in [3.05, 3.63) is 9.56 Å². The zero-order valence-corrected chi connectivity index (χ0v) is 20.4. The minimum absolute atomic E-state index is 0.713. The molecule has 0 N–H and O–H groups in total. The fourth-order valence-electron chi connectivity index (χ4n) is 2.46. The summed E-state index contributed by atoms with van der Waals surface area (Å²) in [5, 5.41) is 0. The summed E-state index contributed by atoms with van der Waals surface area (Å²) < 4.78 is 235. The molecular weight excluding hydrogens is 685 g/mol. The lowest BCUT2D eigenvalue weighted by Gasteiger charge is -2.42. The molecular formula is C16H13BF17IO2. The van der Waals surface area contributed by atoms with Gasteiger partial charge in [-0.25, -0.2) is 0 Å². The minimum Gasteiger partial charge on any atom is -0.399 e. The second-order valence-electron chi connectivity index (χ2n) is 8.68. The Morgan fingerprint density at radius 2 is 0.811 bits per heavy atom. The first-order valence-electron chi connectivity index (χ1n) is 9.15. The van der Waals surface area contributed by atoms with E-state index in [2.05, 4.69) is 0 Å². The van der Waals surface area contributed by atoms with Gasteiger partial charge in [-0.2, -0.15) is 74.6 Å². The molecule has 1 aliphatic heterocycles. The smallest absolute Gasteiger partial charge is 0.399 e. The molecule has 21 heteroatoms. The molecule has 0 spiro atoms. The molecule has 218 valence electrons. The maximum Gasteiger partial charge on any atom is 0.501 e. The summed E-state index contributed by atoms with van der Waals surface area (Å²) in [5.41, 5.74) is -2.76. The topological polar surface area (TPSA) is 18.5 Å². The second-order valence-corrected chi connectivity index (χ2v) is 9.93. The van der Waals surface area contributed by atoms with E-state index in [4.69, 9.17) is 9.31 Å². The third-order valence-electron chi connectivity index (χ3n) is 5.54. The number of hydrogen-bond acceptors (Lipinski definition) is 2. The highest BCUT2D eigenvalue weighted by Crippen LogP contribution is 2.64. The number of halogens is 18. The second kappa shape index (κ2) is 8.88. The molecule has 0 aromatic carbocycles. The summed E-state index contributed by atoms with van der Waals surface area (Å²) in [6.45, 7) is 5.10. The van der Waals surface area contributed by atoms with Crippen LogP contribution in [0.3, 0.4) is 0 Å². The largest absolute Gasteiger partial charge is 0.501 e. The lowest BCUT2D eigenvalue weighted by Crippen LogP contribution is -2.74. The van der Waals surface area contributed by atoms with Crippen molar-refractivity contribution in [3.63, 3.8) is 0 Å². The molecule has 37 heavy (non-hydrogen) atoms. The number of alkyl halides is 17. The van der Waals surface area contributed by atoms with Crippen LogP contribution in [-0.4, -0.2) is 66.0 Å². The van der Waals surface area contributed by atoms with E-state index in [9.17, 15) is 74.6 Å². The lowest BCUT2D eigenvalue weighted by molar-refractivity contribution is -0.459. The average molecular weight is 698 g/mol. The number of allylic oxidation sites excluding steroid dienone is 1. The van der Waals surface area contributed by atoms with E-state index < -0.39 is 75.5 Å². The van der Waals surface area contributed by atoms with Gasteiger partial charge in [0.15, 0.2) is 0 Å². The number of rotatable bonds is 8. The normalized spacial score (nSPS) is 21.0. The van der Waals surface area contributed by atoms with Gasteiger partial charge in [0.05, 0.1) is 11.2 Å². The van der Waals surface area contributed by atoms with E-state index in [-0.39, 0.29) is 0 Å². The van der Waals surface area contributed by atoms with Crippen LogP contribution in [0.1, 0.15) is 27.7 Å². The fraction of sp³-hybridized carbons (Fsp3) is 0.875. The van der Waals surface area contributed by atoms with Crippen molar-refractivity contribution in [2.45, 2.75) is 86.5 Å². The molecule has 2 nitrogen and oxygen atoms in total. The molecule has 1 fully saturated rings. The zero-order chi connectivity index (χ0) is 30.3. The van der Waals surface area contributed by atoms with Gasteiger partial charge in [-0.1, -0.05) is 22.6 Å². The van der Waals surface area contributed by atoms with Gasteiger partial charge in [-0.3, -0.25) is 0 Å². The molecule has 0 aromatic rings. The Balaban J connectivity index is 3.59. The molecule has 1 rings (SSSR count). The highest BCUT2D eigenvalue weighted by atomic mass is 127. The molecule has 0 saturated carbocycles. The summed E-state index contributed by atoms with van der Waals surface area (Å²) in [4.78, 5) is 0. The van der Waals surface area contributed by atoms with Crippen LogP contribution in [0.5, 0.6) is 0 Å². The maximum atomic E-state index is 14.1. The molecule has 1 aliphatic rings. The van der Waals surface area contributed by atoms with Gasteiger partial charge < -0.3 is 9.31 Å². The highest BCUT2D eigenvalue weighted by Gasteiger charge is 2.95. The molecule has 0 amide bonds. The molecule has 0 atom stereocenters. The summed E-state index contributed by atoms with van der Waals surface area (Å²) in [7, 11) is -2.06. The molecule has 1 heterocycles. The average Bonchev–Trinajstić information content (AvgIpc) is 2.87. The molecule has 0 bridgehead atoms. The predicted molar refractivity (Wildman–Crippen MR) is 98.9 cm³/mol. The summed E-state index contributed by atoms with van der Waals surface area (Å²) in [5.74, 6) is -56.8. The van der Waals surface area contributed by atoms with Crippen molar-refractivity contribution >= 4 is 29.7 Å². The zero-order valence-electron chi connectivity index (χ0n) is 18.3. The lowest BCUT2D eigenvalue weighted by atomic mass is 9.85. The van der Waals surface area contributed by atoms with Crippen molar-refractivity contribution in [2.75, 3.05) is 0 Å². The molecule has 0 aromatic heterocycles. The van der Waals surface area contributed by atoms with E-state index in [1.165, 1.54) is 27.7 Å². The fourth-order valence-corrected chi connectivity index (χ4v) is 3.11. The van der Waals surface area contributed by atoms with Crippen molar-refractivity contribution in [3.8, 4) is 0 Å².